The van der Waals surface area contributed by atoms with Gasteiger partial charge in [0.25, 0.3) is 0 Å². The Balaban J connectivity index is 1.46. The maximum Gasteiger partial charge on any atom is 0.315 e. The maximum absolute atomic E-state index is 12.2. The number of hydrogen-bond donors (Lipinski definition) is 2. The Labute approximate surface area is 151 Å². The van der Waals surface area contributed by atoms with Crippen LogP contribution in [-0.2, 0) is 10.8 Å². The van der Waals surface area contributed by atoms with Crippen LogP contribution in [0, 0.1) is 0 Å². The molecule has 6 heteroatoms. The molecule has 0 aromatic heterocycles. The Morgan fingerprint density at radius 1 is 1.29 bits per heavy atom. The highest BCUT2D eigenvalue weighted by Crippen LogP contribution is 2.41. The second kappa shape index (κ2) is 7.87. The maximum atomic E-state index is 12.2. The predicted molar refractivity (Wildman–Crippen MR) is 99.0 cm³/mol. The minimum atomic E-state index is -0.764. The molecule has 3 unspecified atom stereocenters. The highest BCUT2D eigenvalue weighted by atomic mass is 35.5. The molecule has 0 radical (unpaired) electrons. The van der Waals surface area contributed by atoms with Crippen molar-refractivity contribution in [2.75, 3.05) is 5.75 Å². The van der Waals surface area contributed by atoms with Crippen molar-refractivity contribution in [3.05, 3.63) is 34.9 Å². The number of rotatable bonds is 5. The number of urea groups is 1. The van der Waals surface area contributed by atoms with Crippen LogP contribution in [0.2, 0.25) is 5.02 Å². The minimum absolute atomic E-state index is 0.0996. The summed E-state index contributed by atoms with van der Waals surface area (Å²) in [6, 6.07) is 8.07. The van der Waals surface area contributed by atoms with Gasteiger partial charge < -0.3 is 10.6 Å². The van der Waals surface area contributed by atoms with Crippen molar-refractivity contribution in [1.29, 1.82) is 0 Å². The van der Waals surface area contributed by atoms with E-state index in [1.54, 1.807) is 0 Å². The molecule has 2 fully saturated rings. The Kier molecular flexibility index (Phi) is 5.82. The predicted octanol–water partition coefficient (Wildman–Crippen LogP) is 3.57. The number of carbonyl (C=O) groups is 1. The number of hydrogen-bond acceptors (Lipinski definition) is 2. The second-order valence-electron chi connectivity index (χ2n) is 6.78. The summed E-state index contributed by atoms with van der Waals surface area (Å²) in [5.74, 6) is 1.06. The highest BCUT2D eigenvalue weighted by Gasteiger charge is 2.40. The first-order valence-electron chi connectivity index (χ1n) is 8.76. The molecule has 0 aliphatic heterocycles. The third kappa shape index (κ3) is 4.51. The normalized spacial score (nSPS) is 30.4. The van der Waals surface area contributed by atoms with Gasteiger partial charge in [-0.05, 0) is 43.4 Å². The lowest BCUT2D eigenvalue weighted by Crippen LogP contribution is -2.46. The third-order valence-corrected chi connectivity index (χ3v) is 6.98. The van der Waals surface area contributed by atoms with Gasteiger partial charge in [0.2, 0.25) is 0 Å². The van der Waals surface area contributed by atoms with Crippen LogP contribution in [0.15, 0.2) is 24.3 Å². The average Bonchev–Trinajstić information content (AvgIpc) is 3.33. The van der Waals surface area contributed by atoms with Crippen molar-refractivity contribution in [3.63, 3.8) is 0 Å². The summed E-state index contributed by atoms with van der Waals surface area (Å²) in [5.41, 5.74) is 1.18. The van der Waals surface area contributed by atoms with Crippen LogP contribution in [-0.4, -0.2) is 33.3 Å². The van der Waals surface area contributed by atoms with E-state index in [9.17, 15) is 9.00 Å². The number of halogens is 1. The number of carbonyl (C=O) groups excluding carboxylic acids is 1. The zero-order valence-electron chi connectivity index (χ0n) is 14.0. The van der Waals surface area contributed by atoms with Gasteiger partial charge in [0.15, 0.2) is 0 Å². The highest BCUT2D eigenvalue weighted by molar-refractivity contribution is 7.85. The Morgan fingerprint density at radius 2 is 2.12 bits per heavy atom. The lowest BCUT2D eigenvalue weighted by Gasteiger charge is -2.29. The van der Waals surface area contributed by atoms with Gasteiger partial charge in [0, 0.05) is 44.8 Å². The van der Waals surface area contributed by atoms with Crippen molar-refractivity contribution in [2.24, 2.45) is 0 Å². The fourth-order valence-corrected chi connectivity index (χ4v) is 5.15. The summed E-state index contributed by atoms with van der Waals surface area (Å²) in [5, 5.41) is 7.10. The first-order chi connectivity index (χ1) is 11.6. The van der Waals surface area contributed by atoms with Crippen LogP contribution < -0.4 is 10.6 Å². The number of amides is 2. The van der Waals surface area contributed by atoms with E-state index in [0.29, 0.717) is 11.7 Å². The smallest absolute Gasteiger partial charge is 0.315 e. The molecule has 4 nitrogen and oxygen atoms in total. The molecule has 2 saturated carbocycles. The summed E-state index contributed by atoms with van der Waals surface area (Å²) in [6.45, 7) is 1.96. The van der Waals surface area contributed by atoms with Crippen LogP contribution in [0.5, 0.6) is 0 Å². The number of nitrogens with one attached hydrogen (secondary N) is 2. The van der Waals surface area contributed by atoms with E-state index >= 15 is 0 Å². The summed E-state index contributed by atoms with van der Waals surface area (Å²) in [7, 11) is -0.764. The van der Waals surface area contributed by atoms with E-state index in [1.165, 1.54) is 5.56 Å². The van der Waals surface area contributed by atoms with E-state index in [4.69, 9.17) is 11.6 Å². The van der Waals surface area contributed by atoms with E-state index in [1.807, 2.05) is 25.1 Å². The molecule has 0 bridgehead atoms. The van der Waals surface area contributed by atoms with Crippen molar-refractivity contribution in [2.45, 2.75) is 62.3 Å². The lowest BCUT2D eigenvalue weighted by atomic mass is 9.95. The number of benzene rings is 1. The zero-order valence-corrected chi connectivity index (χ0v) is 15.5. The van der Waals surface area contributed by atoms with E-state index in [0.717, 1.165) is 37.1 Å². The molecule has 2 amide bonds. The minimum Gasteiger partial charge on any atom is -0.335 e. The SMILES string of the molecule is CCS(=O)C1CCCC(NC(=O)N[C@@H]2C[C@H]2c2cccc(Cl)c2)C1. The van der Waals surface area contributed by atoms with Gasteiger partial charge in [0.05, 0.1) is 0 Å². The summed E-state index contributed by atoms with van der Waals surface area (Å²) < 4.78 is 12.0. The van der Waals surface area contributed by atoms with Gasteiger partial charge in [-0.2, -0.15) is 0 Å². The summed E-state index contributed by atoms with van der Waals surface area (Å²) in [6.07, 6.45) is 4.82. The molecule has 2 aliphatic rings. The Bertz CT molecular complexity index is 625. The van der Waals surface area contributed by atoms with Gasteiger partial charge in [-0.15, -0.1) is 0 Å². The van der Waals surface area contributed by atoms with Crippen molar-refractivity contribution >= 4 is 28.4 Å². The van der Waals surface area contributed by atoms with Crippen LogP contribution in [0.1, 0.15) is 50.5 Å². The van der Waals surface area contributed by atoms with Gasteiger partial charge in [-0.1, -0.05) is 37.1 Å². The van der Waals surface area contributed by atoms with Crippen LogP contribution >= 0.6 is 11.6 Å². The quantitative estimate of drug-likeness (QED) is 0.834. The second-order valence-corrected chi connectivity index (χ2v) is 9.22. The summed E-state index contributed by atoms with van der Waals surface area (Å²) in [4.78, 5) is 12.2. The fourth-order valence-electron chi connectivity index (χ4n) is 3.61. The average molecular weight is 369 g/mol. The first kappa shape index (κ1) is 17.7. The fraction of sp³-hybridized carbons (Fsp3) is 0.611. The largest absolute Gasteiger partial charge is 0.335 e. The lowest BCUT2D eigenvalue weighted by molar-refractivity contribution is 0.232. The molecule has 24 heavy (non-hydrogen) atoms. The summed E-state index contributed by atoms with van der Waals surface area (Å²) >= 11 is 6.03. The van der Waals surface area contributed by atoms with Gasteiger partial charge in [0.1, 0.15) is 0 Å². The molecule has 5 atom stereocenters. The van der Waals surface area contributed by atoms with Crippen LogP contribution in [0.25, 0.3) is 0 Å². The molecule has 0 spiro atoms. The molecule has 2 N–H and O–H groups in total. The molecule has 132 valence electrons. The van der Waals surface area contributed by atoms with Gasteiger partial charge in [-0.25, -0.2) is 4.79 Å². The van der Waals surface area contributed by atoms with Crippen molar-refractivity contribution in [3.8, 4) is 0 Å². The molecule has 3 rings (SSSR count). The topological polar surface area (TPSA) is 58.2 Å². The first-order valence-corrected chi connectivity index (χ1v) is 10.5. The zero-order chi connectivity index (χ0) is 17.1. The van der Waals surface area contributed by atoms with Gasteiger partial charge in [-0.3, -0.25) is 4.21 Å². The molecular weight excluding hydrogens is 344 g/mol. The molecular formula is C18H25ClN2O2S. The van der Waals surface area contributed by atoms with Crippen LogP contribution in [0.3, 0.4) is 0 Å². The van der Waals surface area contributed by atoms with E-state index < -0.39 is 10.8 Å². The van der Waals surface area contributed by atoms with Crippen molar-refractivity contribution in [1.82, 2.24) is 10.6 Å². The molecule has 2 aliphatic carbocycles. The van der Waals surface area contributed by atoms with Gasteiger partial charge >= 0.3 is 6.03 Å². The Morgan fingerprint density at radius 3 is 2.88 bits per heavy atom. The Hall–Kier alpha value is -1.07. The van der Waals surface area contributed by atoms with E-state index in [-0.39, 0.29) is 23.4 Å². The monoisotopic (exact) mass is 368 g/mol. The van der Waals surface area contributed by atoms with Crippen LogP contribution in [0.4, 0.5) is 4.79 Å². The van der Waals surface area contributed by atoms with Crippen molar-refractivity contribution < 1.29 is 9.00 Å². The third-order valence-electron chi connectivity index (χ3n) is 5.00. The van der Waals surface area contributed by atoms with E-state index in [2.05, 4.69) is 16.7 Å². The molecule has 0 saturated heterocycles. The standard InChI is InChI=1S/C18H25ClN2O2S/c1-2-24(23)15-8-4-7-14(10-15)20-18(22)21-17-11-16(17)12-5-3-6-13(19)9-12/h3,5-6,9,14-17H,2,4,7-8,10-11H2,1H3,(H2,20,21,22)/t14?,15?,16-,17+,24?/m0/s1. The molecule has 1 aromatic rings. The molecule has 0 heterocycles. The molecule has 1 aromatic carbocycles.